The molecule has 0 aliphatic carbocycles. The minimum absolute atomic E-state index is 0.393. The highest BCUT2D eigenvalue weighted by atomic mass is 127. The first-order chi connectivity index (χ1) is 5.82. The average molecular weight is 352 g/mol. The van der Waals surface area contributed by atoms with Crippen LogP contribution in [0.1, 0.15) is 10.5 Å². The number of carbonyl (C=O) groups is 1. The number of hydrogen-bond acceptors (Lipinski definition) is 1. The highest BCUT2D eigenvalue weighted by molar-refractivity contribution is 14.1. The summed E-state index contributed by atoms with van der Waals surface area (Å²) in [6.45, 7) is 0. The molecule has 0 aromatic carbocycles. The number of hydrogen-bond donors (Lipinski definition) is 0. The summed E-state index contributed by atoms with van der Waals surface area (Å²) in [6.07, 6.45) is 1.78. The first-order valence-corrected chi connectivity index (χ1v) is 5.47. The van der Waals surface area contributed by atoms with Crippen LogP contribution in [0, 0.1) is 3.57 Å². The van der Waals surface area contributed by atoms with Crippen molar-refractivity contribution in [1.29, 1.82) is 0 Å². The summed E-state index contributed by atoms with van der Waals surface area (Å²) in [5, 5.41) is 0. The molecule has 0 radical (unpaired) electrons. The largest absolute Gasteiger partial charge is 0.347 e. The van der Waals surface area contributed by atoms with Gasteiger partial charge in [-0.15, -0.1) is 0 Å². The molecule has 0 spiro atoms. The lowest BCUT2D eigenvalue weighted by atomic mass is 10.3. The van der Waals surface area contributed by atoms with E-state index in [9.17, 15) is 4.79 Å². The van der Waals surface area contributed by atoms with Crippen molar-refractivity contribution in [2.24, 2.45) is 7.05 Å². The summed E-state index contributed by atoms with van der Waals surface area (Å²) in [7, 11) is 1.73. The number of Topliss-reactive ketones (excluding diaryl/α,β-unsaturated/α-hetero) is 1. The zero-order chi connectivity index (χ0) is 10.2. The van der Waals surface area contributed by atoms with E-state index in [2.05, 4.69) is 22.6 Å². The number of ketones is 1. The lowest BCUT2D eigenvalue weighted by molar-refractivity contribution is 0.0988. The second kappa shape index (κ2) is 3.96. The molecule has 6 heteroatoms. The molecule has 0 fully saturated rings. The van der Waals surface area contributed by atoms with Crippen LogP contribution >= 0.6 is 57.4 Å². The molecule has 1 aromatic rings. The Kier molecular flexibility index (Phi) is 3.54. The number of alkyl halides is 3. The van der Waals surface area contributed by atoms with E-state index in [0.717, 1.165) is 3.57 Å². The molecule has 0 amide bonds. The Balaban J connectivity index is 3.09. The topological polar surface area (TPSA) is 22.0 Å². The predicted molar refractivity (Wildman–Crippen MR) is 62.8 cm³/mol. The molecule has 0 saturated heterocycles. The number of aromatic nitrogens is 1. The van der Waals surface area contributed by atoms with Crippen LogP contribution in [0.5, 0.6) is 0 Å². The predicted octanol–water partition coefficient (Wildman–Crippen LogP) is 3.18. The molecule has 0 bridgehead atoms. The van der Waals surface area contributed by atoms with E-state index in [-0.39, 0.29) is 0 Å². The molecular formula is C7H5Cl3INO. The third kappa shape index (κ3) is 2.75. The number of rotatable bonds is 1. The van der Waals surface area contributed by atoms with Crippen molar-refractivity contribution >= 4 is 63.2 Å². The van der Waals surface area contributed by atoms with Crippen molar-refractivity contribution in [1.82, 2.24) is 4.57 Å². The maximum Gasteiger partial charge on any atom is 0.255 e. The number of halogens is 4. The maximum atomic E-state index is 11.5. The van der Waals surface area contributed by atoms with Gasteiger partial charge in [-0.3, -0.25) is 4.79 Å². The van der Waals surface area contributed by atoms with E-state index in [4.69, 9.17) is 34.8 Å². The maximum absolute atomic E-state index is 11.5. The van der Waals surface area contributed by atoms with E-state index < -0.39 is 9.58 Å². The van der Waals surface area contributed by atoms with Gasteiger partial charge in [0.25, 0.3) is 3.79 Å². The van der Waals surface area contributed by atoms with E-state index >= 15 is 0 Å². The van der Waals surface area contributed by atoms with E-state index in [1.165, 1.54) is 0 Å². The summed E-state index contributed by atoms with van der Waals surface area (Å²) >= 11 is 18.5. The van der Waals surface area contributed by atoms with Gasteiger partial charge in [0.15, 0.2) is 0 Å². The van der Waals surface area contributed by atoms with Gasteiger partial charge in [-0.25, -0.2) is 0 Å². The van der Waals surface area contributed by atoms with Crippen LogP contribution in [0.4, 0.5) is 0 Å². The van der Waals surface area contributed by atoms with Crippen LogP contribution in [-0.2, 0) is 7.05 Å². The smallest absolute Gasteiger partial charge is 0.255 e. The number of nitrogens with zero attached hydrogens (tertiary/aromatic N) is 1. The molecule has 72 valence electrons. The van der Waals surface area contributed by atoms with Crippen LogP contribution in [-0.4, -0.2) is 14.1 Å². The Hall–Kier alpha value is 0.550. The highest BCUT2D eigenvalue weighted by Gasteiger charge is 2.33. The summed E-state index contributed by atoms with van der Waals surface area (Å²) in [5.41, 5.74) is 0.393. The first kappa shape index (κ1) is 11.6. The van der Waals surface area contributed by atoms with Gasteiger partial charge in [0.05, 0.1) is 5.69 Å². The fourth-order valence-corrected chi connectivity index (χ4v) is 1.90. The fourth-order valence-electron chi connectivity index (χ4n) is 0.895. The molecule has 0 atom stereocenters. The van der Waals surface area contributed by atoms with E-state index in [1.54, 1.807) is 23.9 Å². The Morgan fingerprint density at radius 3 is 2.38 bits per heavy atom. The molecule has 1 heterocycles. The van der Waals surface area contributed by atoms with Gasteiger partial charge in [0, 0.05) is 16.8 Å². The molecule has 0 N–H and O–H groups in total. The van der Waals surface area contributed by atoms with Gasteiger partial charge in [-0.05, 0) is 28.7 Å². The van der Waals surface area contributed by atoms with Crippen molar-refractivity contribution in [2.75, 3.05) is 0 Å². The lowest BCUT2D eigenvalue weighted by Crippen LogP contribution is -2.21. The normalized spacial score (nSPS) is 11.8. The Morgan fingerprint density at radius 2 is 2.08 bits per heavy atom. The second-order valence-corrected chi connectivity index (χ2v) is 6.01. The van der Waals surface area contributed by atoms with Gasteiger partial charge < -0.3 is 4.57 Å². The van der Waals surface area contributed by atoms with Gasteiger partial charge in [-0.2, -0.15) is 0 Å². The molecule has 0 saturated carbocycles. The fraction of sp³-hybridized carbons (Fsp3) is 0.286. The van der Waals surface area contributed by atoms with Crippen molar-refractivity contribution in [2.45, 2.75) is 3.79 Å². The molecule has 13 heavy (non-hydrogen) atoms. The van der Waals surface area contributed by atoms with Crippen molar-refractivity contribution in [3.63, 3.8) is 0 Å². The standard InChI is InChI=1S/C7H5Cl3INO/c1-12-3-4(11)2-5(12)6(13)7(8,9)10/h2-3H,1H3. The molecule has 1 rings (SSSR count). The average Bonchev–Trinajstić information content (AvgIpc) is 2.26. The van der Waals surface area contributed by atoms with Crippen molar-refractivity contribution < 1.29 is 4.79 Å². The summed E-state index contributed by atoms with van der Waals surface area (Å²) in [5.74, 6) is -0.511. The van der Waals surface area contributed by atoms with Crippen LogP contribution in [0.3, 0.4) is 0 Å². The number of aryl methyl sites for hydroxylation is 1. The SMILES string of the molecule is Cn1cc(I)cc1C(=O)C(Cl)(Cl)Cl. The molecule has 0 unspecified atom stereocenters. The molecule has 2 nitrogen and oxygen atoms in total. The summed E-state index contributed by atoms with van der Waals surface area (Å²) in [4.78, 5) is 11.5. The Morgan fingerprint density at radius 1 is 1.54 bits per heavy atom. The van der Waals surface area contributed by atoms with E-state index in [1.807, 2.05) is 0 Å². The van der Waals surface area contributed by atoms with Gasteiger partial charge in [-0.1, -0.05) is 34.8 Å². The van der Waals surface area contributed by atoms with Crippen LogP contribution in [0.2, 0.25) is 0 Å². The molecule has 0 aliphatic rings. The second-order valence-electron chi connectivity index (χ2n) is 2.48. The Bertz CT molecular complexity index is 342. The molecule has 0 aliphatic heterocycles. The minimum atomic E-state index is -1.88. The zero-order valence-corrected chi connectivity index (χ0v) is 10.9. The monoisotopic (exact) mass is 351 g/mol. The molecular weight excluding hydrogens is 347 g/mol. The molecule has 1 aromatic heterocycles. The van der Waals surface area contributed by atoms with Crippen LogP contribution in [0.25, 0.3) is 0 Å². The van der Waals surface area contributed by atoms with Crippen LogP contribution < -0.4 is 0 Å². The summed E-state index contributed by atoms with van der Waals surface area (Å²) in [6, 6.07) is 1.67. The van der Waals surface area contributed by atoms with E-state index in [0.29, 0.717) is 5.69 Å². The first-order valence-electron chi connectivity index (χ1n) is 3.26. The quantitative estimate of drug-likeness (QED) is 0.432. The Labute approximate surface area is 104 Å². The van der Waals surface area contributed by atoms with Crippen molar-refractivity contribution in [3.05, 3.63) is 21.5 Å². The zero-order valence-electron chi connectivity index (χ0n) is 6.52. The van der Waals surface area contributed by atoms with Crippen LogP contribution in [0.15, 0.2) is 12.3 Å². The minimum Gasteiger partial charge on any atom is -0.347 e. The third-order valence-electron chi connectivity index (χ3n) is 1.46. The van der Waals surface area contributed by atoms with Gasteiger partial charge in [0.2, 0.25) is 5.78 Å². The third-order valence-corrected chi connectivity index (χ3v) is 2.57. The van der Waals surface area contributed by atoms with Crippen molar-refractivity contribution in [3.8, 4) is 0 Å². The number of carbonyl (C=O) groups excluding carboxylic acids is 1. The van der Waals surface area contributed by atoms with Gasteiger partial charge >= 0.3 is 0 Å². The summed E-state index contributed by atoms with van der Waals surface area (Å²) < 4.78 is 0.680. The van der Waals surface area contributed by atoms with Gasteiger partial charge in [0.1, 0.15) is 0 Å². The highest BCUT2D eigenvalue weighted by Crippen LogP contribution is 2.30. The lowest BCUT2D eigenvalue weighted by Gasteiger charge is -2.09.